The van der Waals surface area contributed by atoms with Crippen LogP contribution < -0.4 is 11.1 Å². The smallest absolute Gasteiger partial charge is 0.255 e. The minimum atomic E-state index is -0.682. The lowest BCUT2D eigenvalue weighted by Gasteiger charge is -2.22. The maximum Gasteiger partial charge on any atom is 0.255 e. The van der Waals surface area contributed by atoms with Crippen LogP contribution in [-0.4, -0.2) is 68.4 Å². The summed E-state index contributed by atoms with van der Waals surface area (Å²) in [6.07, 6.45) is 7.63. The number of methoxy groups -OCH3 is 1. The van der Waals surface area contributed by atoms with Gasteiger partial charge in [-0.05, 0) is 50.2 Å². The number of hydrogen-bond acceptors (Lipinski definition) is 6. The van der Waals surface area contributed by atoms with Gasteiger partial charge in [0.05, 0.1) is 41.6 Å². The minimum absolute atomic E-state index is 0.158. The van der Waals surface area contributed by atoms with Gasteiger partial charge in [-0.2, -0.15) is 5.10 Å². The van der Waals surface area contributed by atoms with Crippen molar-refractivity contribution in [3.05, 3.63) is 53.8 Å². The van der Waals surface area contributed by atoms with E-state index in [1.807, 2.05) is 4.57 Å². The van der Waals surface area contributed by atoms with Gasteiger partial charge >= 0.3 is 0 Å². The highest BCUT2D eigenvalue weighted by molar-refractivity contribution is 6.00. The van der Waals surface area contributed by atoms with Crippen LogP contribution in [0.5, 0.6) is 0 Å². The zero-order chi connectivity index (χ0) is 27.3. The van der Waals surface area contributed by atoms with Gasteiger partial charge in [0, 0.05) is 31.8 Å². The van der Waals surface area contributed by atoms with Crippen molar-refractivity contribution in [2.75, 3.05) is 25.6 Å². The van der Waals surface area contributed by atoms with Crippen molar-refractivity contribution in [3.8, 4) is 11.8 Å². The number of likely N-dealkylation sites (tertiary alicyclic amines) is 1. The van der Waals surface area contributed by atoms with Gasteiger partial charge < -0.3 is 25.3 Å². The third kappa shape index (κ3) is 4.76. The lowest BCUT2D eigenvalue weighted by atomic mass is 10.1. The first kappa shape index (κ1) is 25.1. The van der Waals surface area contributed by atoms with E-state index >= 15 is 4.39 Å². The number of carbonyl (C=O) groups excluding carboxylic acids is 2. The molecule has 3 N–H and O–H groups in total. The Morgan fingerprint density at radius 2 is 2.05 bits per heavy atom. The molecule has 1 aliphatic heterocycles. The Morgan fingerprint density at radius 3 is 2.72 bits per heavy atom. The number of aromatic nitrogens is 4. The van der Waals surface area contributed by atoms with Gasteiger partial charge in [-0.15, -0.1) is 0 Å². The number of nitrogens with two attached hydrogens (primary N) is 1. The molecular formula is C28H30FN7O3. The van der Waals surface area contributed by atoms with E-state index < -0.39 is 11.7 Å². The lowest BCUT2D eigenvalue weighted by molar-refractivity contribution is -0.127. The summed E-state index contributed by atoms with van der Waals surface area (Å²) in [5.41, 5.74) is 7.70. The van der Waals surface area contributed by atoms with Crippen LogP contribution in [0.1, 0.15) is 65.8 Å². The molecule has 1 saturated heterocycles. The number of rotatable bonds is 8. The summed E-state index contributed by atoms with van der Waals surface area (Å²) in [5, 5.41) is 8.06. The fraction of sp³-hybridized carbons (Fsp3) is 0.429. The van der Waals surface area contributed by atoms with Gasteiger partial charge in [-0.3, -0.25) is 9.59 Å². The number of carbonyl (C=O) groups is 2. The van der Waals surface area contributed by atoms with Crippen LogP contribution in [0.4, 0.5) is 10.2 Å². The van der Waals surface area contributed by atoms with Crippen LogP contribution in [0.3, 0.4) is 0 Å². The first-order chi connectivity index (χ1) is 18.9. The average Bonchev–Trinajstić information content (AvgIpc) is 3.81. The van der Waals surface area contributed by atoms with E-state index in [0.29, 0.717) is 36.9 Å². The summed E-state index contributed by atoms with van der Waals surface area (Å²) in [6.45, 7) is 4.33. The highest BCUT2D eigenvalue weighted by Crippen LogP contribution is 2.38. The molecule has 1 aromatic carbocycles. The average molecular weight is 532 g/mol. The van der Waals surface area contributed by atoms with Crippen LogP contribution in [0.25, 0.3) is 11.0 Å². The van der Waals surface area contributed by atoms with E-state index in [0.717, 1.165) is 31.2 Å². The van der Waals surface area contributed by atoms with Gasteiger partial charge in [0.1, 0.15) is 17.2 Å². The predicted octanol–water partition coefficient (Wildman–Crippen LogP) is 2.75. The van der Waals surface area contributed by atoms with E-state index in [9.17, 15) is 9.59 Å². The van der Waals surface area contributed by atoms with Crippen molar-refractivity contribution in [1.29, 1.82) is 0 Å². The maximum atomic E-state index is 15.1. The molecule has 202 valence electrons. The third-order valence-electron chi connectivity index (χ3n) is 7.55. The van der Waals surface area contributed by atoms with E-state index in [1.165, 1.54) is 12.1 Å². The minimum Gasteiger partial charge on any atom is -0.383 e. The van der Waals surface area contributed by atoms with Crippen LogP contribution >= 0.6 is 0 Å². The zero-order valence-corrected chi connectivity index (χ0v) is 21.7. The second-order valence-corrected chi connectivity index (χ2v) is 10.4. The Bertz CT molecular complexity index is 1540. The number of fused-ring (bicyclic) bond motifs is 1. The van der Waals surface area contributed by atoms with Gasteiger partial charge in [0.2, 0.25) is 5.91 Å². The fourth-order valence-electron chi connectivity index (χ4n) is 5.30. The predicted molar refractivity (Wildman–Crippen MR) is 143 cm³/mol. The molecule has 2 aliphatic carbocycles. The van der Waals surface area contributed by atoms with Gasteiger partial charge in [0.15, 0.2) is 5.69 Å². The van der Waals surface area contributed by atoms with Crippen molar-refractivity contribution in [3.63, 3.8) is 0 Å². The number of imidazole rings is 1. The molecule has 0 radical (unpaired) electrons. The first-order valence-corrected chi connectivity index (χ1v) is 13.2. The number of anilines is 1. The van der Waals surface area contributed by atoms with Crippen LogP contribution in [0.15, 0.2) is 31.1 Å². The van der Waals surface area contributed by atoms with Crippen LogP contribution in [0.2, 0.25) is 0 Å². The maximum absolute atomic E-state index is 15.1. The Kier molecular flexibility index (Phi) is 6.35. The normalized spacial score (nSPS) is 20.6. The Balaban J connectivity index is 1.38. The first-order valence-electron chi connectivity index (χ1n) is 13.2. The van der Waals surface area contributed by atoms with E-state index in [4.69, 9.17) is 10.5 Å². The zero-order valence-electron chi connectivity index (χ0n) is 21.7. The topological polar surface area (TPSA) is 120 Å². The molecule has 2 amide bonds. The molecule has 0 unspecified atom stereocenters. The van der Waals surface area contributed by atoms with Crippen molar-refractivity contribution in [2.45, 2.75) is 56.3 Å². The van der Waals surface area contributed by atoms with Crippen molar-refractivity contribution < 1.29 is 18.7 Å². The number of benzene rings is 1. The molecule has 3 heterocycles. The highest BCUT2D eigenvalue weighted by Gasteiger charge is 2.39. The van der Waals surface area contributed by atoms with Gasteiger partial charge in [-0.1, -0.05) is 12.5 Å². The quantitative estimate of drug-likeness (QED) is 0.341. The van der Waals surface area contributed by atoms with E-state index in [1.54, 1.807) is 29.1 Å². The SMILES string of the molecule is C=CC(=O)N1C[C@@H](n2nc(C#Cc3cc4ncn(C5CC5)c4cc3F)c(C(N)=O)c2NC2CC2)C[C@@H]1COC. The highest BCUT2D eigenvalue weighted by atomic mass is 19.1. The summed E-state index contributed by atoms with van der Waals surface area (Å²) < 4.78 is 24.1. The molecule has 2 aromatic heterocycles. The van der Waals surface area contributed by atoms with E-state index in [-0.39, 0.29) is 40.9 Å². The number of primary amides is 1. The number of ether oxygens (including phenoxy) is 1. The van der Waals surface area contributed by atoms with Crippen molar-refractivity contribution in [1.82, 2.24) is 24.2 Å². The van der Waals surface area contributed by atoms with E-state index in [2.05, 4.69) is 33.8 Å². The molecule has 6 rings (SSSR count). The molecule has 11 heteroatoms. The molecule has 10 nitrogen and oxygen atoms in total. The molecular weight excluding hydrogens is 501 g/mol. The number of halogens is 1. The van der Waals surface area contributed by atoms with Gasteiger partial charge in [0.25, 0.3) is 5.91 Å². The number of nitrogens with one attached hydrogen (secondary N) is 1. The third-order valence-corrected chi connectivity index (χ3v) is 7.55. The second-order valence-electron chi connectivity index (χ2n) is 10.4. The molecule has 39 heavy (non-hydrogen) atoms. The monoisotopic (exact) mass is 531 g/mol. The Hall–Kier alpha value is -4.17. The van der Waals surface area contributed by atoms with Crippen LogP contribution in [0, 0.1) is 17.7 Å². The standard InChI is InChI=1S/C28H30FN7O3/c1-3-25(37)34-13-19(11-20(34)14-39-2)36-28(32-17-5-6-17)26(27(30)38)22(33-36)9-4-16-10-23-24(12-21(16)29)35(15-31-23)18-7-8-18/h3,10,12,15,17-20,32H,1,5-8,11,13-14H2,2H3,(H2,30,38)/t19-,20+/m0/s1. The van der Waals surface area contributed by atoms with Crippen molar-refractivity contribution >= 4 is 28.7 Å². The number of amides is 2. The molecule has 3 aromatic rings. The van der Waals surface area contributed by atoms with Crippen LogP contribution in [-0.2, 0) is 9.53 Å². The molecule has 0 spiro atoms. The largest absolute Gasteiger partial charge is 0.383 e. The second kappa shape index (κ2) is 9.85. The number of nitrogens with zero attached hydrogens (tertiary/aromatic N) is 5. The summed E-state index contributed by atoms with van der Waals surface area (Å²) in [5.74, 6) is 4.88. The Labute approximate surface area is 225 Å². The Morgan fingerprint density at radius 1 is 1.26 bits per heavy atom. The molecule has 3 fully saturated rings. The summed E-state index contributed by atoms with van der Waals surface area (Å²) in [4.78, 5) is 31.3. The fourth-order valence-corrected chi connectivity index (χ4v) is 5.30. The van der Waals surface area contributed by atoms with Gasteiger partial charge in [-0.25, -0.2) is 14.1 Å². The number of hydrogen-bond donors (Lipinski definition) is 2. The van der Waals surface area contributed by atoms with Crippen molar-refractivity contribution in [2.24, 2.45) is 5.73 Å². The summed E-state index contributed by atoms with van der Waals surface area (Å²) in [7, 11) is 1.59. The summed E-state index contributed by atoms with van der Waals surface area (Å²) >= 11 is 0. The molecule has 0 bridgehead atoms. The molecule has 3 aliphatic rings. The lowest BCUT2D eigenvalue weighted by Crippen LogP contribution is -2.37. The molecule has 2 saturated carbocycles. The molecule has 2 atom stereocenters. The summed E-state index contributed by atoms with van der Waals surface area (Å²) in [6, 6.07) is 3.23.